The zero-order valence-electron chi connectivity index (χ0n) is 7.58. The normalized spacial score (nSPS) is 8.69. The van der Waals surface area contributed by atoms with Crippen LogP contribution in [0.4, 0.5) is 0 Å². The molecule has 0 heterocycles. The first-order valence-corrected chi connectivity index (χ1v) is 5.05. The standard InChI is InChI=1S/C7H12O3S2.Ca/c1-2-3-4-10-7(11)12-5-6(8)9;/h2-5H2,1H3,(H,8,9);/q;+2/p-1. The zero-order valence-corrected chi connectivity index (χ0v) is 11.4. The number of hydrogen-bond donors (Lipinski definition) is 0. The Balaban J connectivity index is 0. The van der Waals surface area contributed by atoms with Gasteiger partial charge in [0, 0.05) is 5.75 Å². The van der Waals surface area contributed by atoms with E-state index in [2.05, 4.69) is 0 Å². The molecule has 0 aliphatic carbocycles. The third-order valence-electron chi connectivity index (χ3n) is 1.03. The first-order chi connectivity index (χ1) is 5.66. The van der Waals surface area contributed by atoms with E-state index < -0.39 is 5.97 Å². The molecule has 0 atom stereocenters. The minimum atomic E-state index is -1.12. The minimum Gasteiger partial charge on any atom is -0.549 e. The summed E-state index contributed by atoms with van der Waals surface area (Å²) in [6.07, 6.45) is 1.97. The van der Waals surface area contributed by atoms with Crippen LogP contribution in [-0.2, 0) is 9.53 Å². The summed E-state index contributed by atoms with van der Waals surface area (Å²) < 4.78 is 5.32. The van der Waals surface area contributed by atoms with E-state index in [1.165, 1.54) is 0 Å². The van der Waals surface area contributed by atoms with E-state index in [4.69, 9.17) is 17.0 Å². The van der Waals surface area contributed by atoms with Gasteiger partial charge in [-0.15, -0.1) is 0 Å². The SMILES string of the molecule is CCCCOC(=S)SCC(=O)[O-].[Ca+2]. The van der Waals surface area contributed by atoms with Crippen molar-refractivity contribution in [2.75, 3.05) is 12.4 Å². The molecule has 0 aliphatic rings. The van der Waals surface area contributed by atoms with E-state index in [9.17, 15) is 9.90 Å². The molecule has 0 saturated carbocycles. The molecule has 0 amide bonds. The molecular weight excluding hydrogens is 236 g/mol. The molecule has 0 saturated heterocycles. The number of thioether (sulfide) groups is 1. The van der Waals surface area contributed by atoms with Gasteiger partial charge in [0.25, 0.3) is 0 Å². The Morgan fingerprint density at radius 3 is 2.69 bits per heavy atom. The van der Waals surface area contributed by atoms with Crippen molar-refractivity contribution in [1.29, 1.82) is 0 Å². The Morgan fingerprint density at radius 1 is 1.62 bits per heavy atom. The molecular formula is C7H11CaO3S2+. The number of carbonyl (C=O) groups is 1. The van der Waals surface area contributed by atoms with Crippen LogP contribution in [0, 0.1) is 0 Å². The number of aliphatic carboxylic acids is 1. The second-order valence-electron chi connectivity index (χ2n) is 2.11. The second kappa shape index (κ2) is 11.0. The van der Waals surface area contributed by atoms with Crippen LogP contribution in [0.1, 0.15) is 19.8 Å². The Hall–Kier alpha value is 0.970. The van der Waals surface area contributed by atoms with Gasteiger partial charge in [0.15, 0.2) is 0 Å². The third kappa shape index (κ3) is 13.0. The summed E-state index contributed by atoms with van der Waals surface area (Å²) in [7, 11) is 0. The van der Waals surface area contributed by atoms with Crippen LogP contribution in [0.5, 0.6) is 0 Å². The fourth-order valence-electron chi connectivity index (χ4n) is 0.459. The Kier molecular flexibility index (Phi) is 13.9. The molecule has 0 aromatic carbocycles. The summed E-state index contributed by atoms with van der Waals surface area (Å²) in [4.78, 5) is 9.99. The van der Waals surface area contributed by atoms with Crippen molar-refractivity contribution in [2.45, 2.75) is 19.8 Å². The number of unbranched alkanes of at least 4 members (excludes halogenated alkanes) is 1. The van der Waals surface area contributed by atoms with Crippen molar-refractivity contribution in [3.63, 3.8) is 0 Å². The first-order valence-electron chi connectivity index (χ1n) is 3.66. The van der Waals surface area contributed by atoms with Gasteiger partial charge < -0.3 is 14.6 Å². The van der Waals surface area contributed by atoms with Crippen molar-refractivity contribution in [3.05, 3.63) is 0 Å². The molecule has 3 nitrogen and oxygen atoms in total. The molecule has 0 bridgehead atoms. The van der Waals surface area contributed by atoms with Crippen LogP contribution < -0.4 is 5.11 Å². The van der Waals surface area contributed by atoms with Crippen molar-refractivity contribution in [3.8, 4) is 0 Å². The summed E-state index contributed by atoms with van der Waals surface area (Å²) in [6, 6.07) is 0. The molecule has 0 aromatic rings. The number of carboxylic acids is 1. The predicted octanol–water partition coefficient (Wildman–Crippen LogP) is 0.190. The number of thiocarbonyl (C=S) groups is 1. The molecule has 0 spiro atoms. The van der Waals surface area contributed by atoms with Crippen LogP contribution in [0.15, 0.2) is 0 Å². The fraction of sp³-hybridized carbons (Fsp3) is 0.714. The first kappa shape index (κ1) is 16.4. The molecule has 0 radical (unpaired) electrons. The summed E-state index contributed by atoms with van der Waals surface area (Å²) in [6.45, 7) is 2.61. The fourth-order valence-corrected chi connectivity index (χ4v) is 1.12. The van der Waals surface area contributed by atoms with Gasteiger partial charge in [0.2, 0.25) is 4.38 Å². The van der Waals surface area contributed by atoms with Gasteiger partial charge in [-0.3, -0.25) is 0 Å². The van der Waals surface area contributed by atoms with Crippen LogP contribution in [0.25, 0.3) is 0 Å². The molecule has 70 valence electrons. The molecule has 6 heteroatoms. The Bertz CT molecular complexity index is 164. The van der Waals surface area contributed by atoms with Crippen molar-refractivity contribution in [1.82, 2.24) is 0 Å². The Labute approximate surface area is 118 Å². The topological polar surface area (TPSA) is 49.4 Å². The van der Waals surface area contributed by atoms with E-state index in [0.717, 1.165) is 24.6 Å². The van der Waals surface area contributed by atoms with Crippen LogP contribution in [0.3, 0.4) is 0 Å². The number of hydrogen-bond acceptors (Lipinski definition) is 5. The van der Waals surface area contributed by atoms with Crippen molar-refractivity contribution >= 4 is 72.1 Å². The van der Waals surface area contributed by atoms with E-state index >= 15 is 0 Å². The maximum Gasteiger partial charge on any atom is 2.00 e. The largest absolute Gasteiger partial charge is 2.00 e. The van der Waals surface area contributed by atoms with Gasteiger partial charge in [-0.1, -0.05) is 25.1 Å². The van der Waals surface area contributed by atoms with Gasteiger partial charge in [-0.2, -0.15) is 0 Å². The smallest absolute Gasteiger partial charge is 0.549 e. The molecule has 0 fully saturated rings. The van der Waals surface area contributed by atoms with Crippen LogP contribution >= 0.6 is 24.0 Å². The third-order valence-corrected chi connectivity index (χ3v) is 2.23. The summed E-state index contributed by atoms with van der Waals surface area (Å²) >= 11 is 5.72. The van der Waals surface area contributed by atoms with E-state index in [-0.39, 0.29) is 47.9 Å². The van der Waals surface area contributed by atoms with Gasteiger partial charge in [0.05, 0.1) is 12.6 Å². The van der Waals surface area contributed by atoms with Crippen molar-refractivity contribution in [2.24, 2.45) is 0 Å². The van der Waals surface area contributed by atoms with Crippen molar-refractivity contribution < 1.29 is 14.6 Å². The quantitative estimate of drug-likeness (QED) is 0.394. The molecule has 0 aromatic heterocycles. The van der Waals surface area contributed by atoms with Crippen LogP contribution in [-0.4, -0.2) is 60.4 Å². The summed E-state index contributed by atoms with van der Waals surface area (Å²) in [5.74, 6) is -1.26. The molecule has 13 heavy (non-hydrogen) atoms. The van der Waals surface area contributed by atoms with Gasteiger partial charge >= 0.3 is 37.7 Å². The van der Waals surface area contributed by atoms with Gasteiger partial charge in [-0.25, -0.2) is 0 Å². The predicted molar refractivity (Wildman–Crippen MR) is 56.7 cm³/mol. The van der Waals surface area contributed by atoms with Crippen LogP contribution in [0.2, 0.25) is 0 Å². The number of rotatable bonds is 5. The second-order valence-corrected chi connectivity index (χ2v) is 3.69. The average molecular weight is 247 g/mol. The summed E-state index contributed by atoms with van der Waals surface area (Å²) in [5, 5.41) is 9.99. The van der Waals surface area contributed by atoms with Gasteiger partial charge in [-0.05, 0) is 18.6 Å². The Morgan fingerprint density at radius 2 is 2.23 bits per heavy atom. The zero-order chi connectivity index (χ0) is 9.40. The van der Waals surface area contributed by atoms with E-state index in [0.29, 0.717) is 6.61 Å². The maximum absolute atomic E-state index is 9.99. The number of ether oxygens (including phenoxy) is 1. The molecule has 0 rings (SSSR count). The summed E-state index contributed by atoms with van der Waals surface area (Å²) in [5.41, 5.74) is 0. The maximum atomic E-state index is 9.99. The van der Waals surface area contributed by atoms with E-state index in [1.54, 1.807) is 0 Å². The molecule has 0 N–H and O–H groups in total. The monoisotopic (exact) mass is 247 g/mol. The average Bonchev–Trinajstić information content (AvgIpc) is 2.01. The molecule has 0 unspecified atom stereocenters. The number of carbonyl (C=O) groups excluding carboxylic acids is 1. The van der Waals surface area contributed by atoms with E-state index in [1.807, 2.05) is 6.92 Å². The van der Waals surface area contributed by atoms with Gasteiger partial charge in [0.1, 0.15) is 0 Å². The number of carboxylic acid groups (broad SMARTS) is 1. The minimum absolute atomic E-state index is 0. The molecule has 0 aliphatic heterocycles.